The van der Waals surface area contributed by atoms with Crippen molar-refractivity contribution in [1.29, 1.82) is 0 Å². The highest BCUT2D eigenvalue weighted by atomic mass is 19.1. The van der Waals surface area contributed by atoms with Crippen LogP contribution in [0.2, 0.25) is 0 Å². The van der Waals surface area contributed by atoms with E-state index >= 15 is 0 Å². The lowest BCUT2D eigenvalue weighted by molar-refractivity contribution is 0.126. The van der Waals surface area contributed by atoms with E-state index in [1.165, 1.54) is 30.3 Å². The highest BCUT2D eigenvalue weighted by Gasteiger charge is 2.23. The van der Waals surface area contributed by atoms with Crippen molar-refractivity contribution in [3.05, 3.63) is 83.7 Å². The van der Waals surface area contributed by atoms with E-state index < -0.39 is 5.82 Å². The van der Waals surface area contributed by atoms with E-state index in [9.17, 15) is 14.6 Å². The monoisotopic (exact) mass is 425 g/mol. The Morgan fingerprint density at radius 3 is 2.39 bits per heavy atom. The van der Waals surface area contributed by atoms with Crippen LogP contribution in [0.3, 0.4) is 0 Å². The smallest absolute Gasteiger partial charge is 0.161 e. The molecule has 4 N–H and O–H groups in total. The topological polar surface area (TPSA) is 84.9 Å². The van der Waals surface area contributed by atoms with Crippen molar-refractivity contribution in [3.8, 4) is 23.0 Å². The molecule has 164 valence electrons. The van der Waals surface area contributed by atoms with E-state index in [2.05, 4.69) is 6.92 Å². The molecule has 0 aliphatic carbocycles. The molecular weight excluding hydrogens is 397 g/mol. The first-order valence-electron chi connectivity index (χ1n) is 10.4. The van der Waals surface area contributed by atoms with E-state index in [1.807, 2.05) is 30.3 Å². The number of halogens is 1. The molecule has 0 saturated carbocycles. The van der Waals surface area contributed by atoms with Crippen molar-refractivity contribution in [2.75, 3.05) is 6.54 Å². The van der Waals surface area contributed by atoms with Gasteiger partial charge in [0, 0.05) is 18.1 Å². The number of benzene rings is 3. The number of aromatic hydroxyl groups is 2. The summed E-state index contributed by atoms with van der Waals surface area (Å²) in [4.78, 5) is 0. The molecule has 6 heteroatoms. The molecule has 0 aliphatic heterocycles. The largest absolute Gasteiger partial charge is 0.504 e. The zero-order valence-electron chi connectivity index (χ0n) is 17.5. The van der Waals surface area contributed by atoms with Crippen molar-refractivity contribution >= 4 is 0 Å². The van der Waals surface area contributed by atoms with E-state index in [1.54, 1.807) is 6.07 Å². The zero-order valence-corrected chi connectivity index (χ0v) is 17.5. The molecule has 3 rings (SSSR count). The summed E-state index contributed by atoms with van der Waals surface area (Å²) in [6.07, 6.45) is 1.43. The van der Waals surface area contributed by atoms with E-state index in [0.717, 1.165) is 18.4 Å². The third-order valence-corrected chi connectivity index (χ3v) is 5.16. The number of phenols is 2. The predicted molar refractivity (Wildman–Crippen MR) is 118 cm³/mol. The van der Waals surface area contributed by atoms with Crippen LogP contribution in [-0.2, 0) is 6.61 Å². The van der Waals surface area contributed by atoms with Crippen molar-refractivity contribution in [2.24, 2.45) is 11.7 Å². The summed E-state index contributed by atoms with van der Waals surface area (Å²) >= 11 is 0. The Morgan fingerprint density at radius 2 is 1.71 bits per heavy atom. The number of hydrogen-bond acceptors (Lipinski definition) is 5. The molecule has 0 fully saturated rings. The van der Waals surface area contributed by atoms with Crippen LogP contribution in [0.25, 0.3) is 0 Å². The molecule has 3 aromatic carbocycles. The summed E-state index contributed by atoms with van der Waals surface area (Å²) in [5, 5.41) is 19.0. The van der Waals surface area contributed by atoms with Crippen LogP contribution in [0.5, 0.6) is 23.0 Å². The molecule has 0 saturated heterocycles. The molecule has 2 atom stereocenters. The van der Waals surface area contributed by atoms with Crippen LogP contribution in [0.4, 0.5) is 4.39 Å². The number of ether oxygens (including phenoxy) is 2. The summed E-state index contributed by atoms with van der Waals surface area (Å²) < 4.78 is 26.2. The summed E-state index contributed by atoms with van der Waals surface area (Å²) in [7, 11) is 0. The van der Waals surface area contributed by atoms with Gasteiger partial charge < -0.3 is 25.4 Å². The lowest BCUT2D eigenvalue weighted by Crippen LogP contribution is -2.21. The lowest BCUT2D eigenvalue weighted by atomic mass is 9.90. The van der Waals surface area contributed by atoms with Gasteiger partial charge >= 0.3 is 0 Å². The van der Waals surface area contributed by atoms with E-state index in [-0.39, 0.29) is 30.1 Å². The maximum atomic E-state index is 14.3. The molecule has 0 aliphatic rings. The summed E-state index contributed by atoms with van der Waals surface area (Å²) in [6.45, 7) is 2.72. The van der Waals surface area contributed by atoms with Crippen LogP contribution in [0.15, 0.2) is 66.7 Å². The van der Waals surface area contributed by atoms with Gasteiger partial charge in [0.25, 0.3) is 0 Å². The van der Waals surface area contributed by atoms with Crippen molar-refractivity contribution in [1.82, 2.24) is 0 Å². The molecule has 2 unspecified atom stereocenters. The quantitative estimate of drug-likeness (QED) is 0.383. The first kappa shape index (κ1) is 22.4. The Labute approximate surface area is 181 Å². The third-order valence-electron chi connectivity index (χ3n) is 5.16. The highest BCUT2D eigenvalue weighted by molar-refractivity contribution is 5.43. The molecule has 0 amide bonds. The minimum atomic E-state index is -0.427. The molecule has 0 bridgehead atoms. The Bertz CT molecular complexity index is 981. The van der Waals surface area contributed by atoms with Gasteiger partial charge in [-0.3, -0.25) is 0 Å². The van der Waals surface area contributed by atoms with Crippen molar-refractivity contribution < 1.29 is 24.1 Å². The second kappa shape index (κ2) is 10.7. The number of nitrogens with two attached hydrogens (primary N) is 1. The van der Waals surface area contributed by atoms with Gasteiger partial charge in [-0.1, -0.05) is 37.3 Å². The minimum Gasteiger partial charge on any atom is -0.504 e. The fourth-order valence-electron chi connectivity index (χ4n) is 3.54. The summed E-state index contributed by atoms with van der Waals surface area (Å²) in [5.74, 6) is 0.0222. The first-order chi connectivity index (χ1) is 15.0. The van der Waals surface area contributed by atoms with Crippen LogP contribution in [-0.4, -0.2) is 16.8 Å². The van der Waals surface area contributed by atoms with Gasteiger partial charge in [0.2, 0.25) is 0 Å². The van der Waals surface area contributed by atoms with Crippen LogP contribution in [0.1, 0.15) is 37.0 Å². The predicted octanol–water partition coefficient (Wildman–Crippen LogP) is 5.31. The van der Waals surface area contributed by atoms with Gasteiger partial charge in [-0.2, -0.15) is 0 Å². The van der Waals surface area contributed by atoms with E-state index in [0.29, 0.717) is 23.6 Å². The standard InChI is InChI=1S/C25H28FNO4/c1-2-18(10-11-27)25(19-6-4-3-5-7-19)31-22-13-17(12-20(26)14-22)16-30-21-8-9-23(28)24(29)15-21/h3-9,12-15,18,25,28-29H,2,10-11,16,27H2,1H3. The lowest BCUT2D eigenvalue weighted by Gasteiger charge is -2.27. The maximum absolute atomic E-state index is 14.3. The number of rotatable bonds is 10. The fraction of sp³-hybridized carbons (Fsp3) is 0.280. The minimum absolute atomic E-state index is 0.0777. The molecule has 3 aromatic rings. The normalized spacial score (nSPS) is 12.9. The van der Waals surface area contributed by atoms with Gasteiger partial charge in [-0.05, 0) is 54.8 Å². The molecule has 0 heterocycles. The molecule has 0 spiro atoms. The van der Waals surface area contributed by atoms with Gasteiger partial charge in [0.15, 0.2) is 11.5 Å². The number of phenolic OH excluding ortho intramolecular Hbond substituents is 2. The first-order valence-corrected chi connectivity index (χ1v) is 10.4. The summed E-state index contributed by atoms with van der Waals surface area (Å²) in [6, 6.07) is 18.5. The molecule has 5 nitrogen and oxygen atoms in total. The molecule has 0 radical (unpaired) electrons. The Morgan fingerprint density at radius 1 is 0.935 bits per heavy atom. The third kappa shape index (κ3) is 6.12. The second-order valence-corrected chi connectivity index (χ2v) is 7.43. The van der Waals surface area contributed by atoms with Crippen LogP contribution >= 0.6 is 0 Å². The highest BCUT2D eigenvalue weighted by Crippen LogP contribution is 2.33. The Balaban J connectivity index is 1.80. The van der Waals surface area contributed by atoms with Crippen molar-refractivity contribution in [3.63, 3.8) is 0 Å². The fourth-order valence-corrected chi connectivity index (χ4v) is 3.54. The number of hydrogen-bond donors (Lipinski definition) is 3. The average Bonchev–Trinajstić information content (AvgIpc) is 2.77. The van der Waals surface area contributed by atoms with Crippen molar-refractivity contribution in [2.45, 2.75) is 32.5 Å². The Hall–Kier alpha value is -3.25. The van der Waals surface area contributed by atoms with Gasteiger partial charge in [0.05, 0.1) is 0 Å². The molecule has 0 aromatic heterocycles. The molecular formula is C25H28FNO4. The summed E-state index contributed by atoms with van der Waals surface area (Å²) in [5.41, 5.74) is 7.41. The van der Waals surface area contributed by atoms with Crippen LogP contribution < -0.4 is 15.2 Å². The zero-order chi connectivity index (χ0) is 22.2. The van der Waals surface area contributed by atoms with E-state index in [4.69, 9.17) is 15.2 Å². The maximum Gasteiger partial charge on any atom is 0.161 e. The second-order valence-electron chi connectivity index (χ2n) is 7.43. The van der Waals surface area contributed by atoms with Gasteiger partial charge in [-0.15, -0.1) is 0 Å². The van der Waals surface area contributed by atoms with Crippen LogP contribution in [0, 0.1) is 11.7 Å². The van der Waals surface area contributed by atoms with Gasteiger partial charge in [0.1, 0.15) is 30.0 Å². The Kier molecular flexibility index (Phi) is 7.73. The van der Waals surface area contributed by atoms with Gasteiger partial charge in [-0.25, -0.2) is 4.39 Å². The average molecular weight is 426 g/mol. The SMILES string of the molecule is CCC(CCN)C(Oc1cc(F)cc(COc2ccc(O)c(O)c2)c1)c1ccccc1. The molecule has 31 heavy (non-hydrogen) atoms.